The summed E-state index contributed by atoms with van der Waals surface area (Å²) in [5.74, 6) is -1.62. The van der Waals surface area contributed by atoms with E-state index in [-0.39, 0.29) is 22.8 Å². The molecule has 1 heterocycles. The summed E-state index contributed by atoms with van der Waals surface area (Å²) >= 11 is 0. The highest BCUT2D eigenvalue weighted by atomic mass is 16.3. The quantitative estimate of drug-likeness (QED) is 0.220. The Labute approximate surface area is 192 Å². The molecule has 0 fully saturated rings. The van der Waals surface area contributed by atoms with Crippen molar-refractivity contribution >= 4 is 28.8 Å². The third-order valence-corrected chi connectivity index (χ3v) is 4.96. The largest absolute Gasteiger partial charge is 0.508 e. The Kier molecular flexibility index (Phi) is 6.31. The van der Waals surface area contributed by atoms with Gasteiger partial charge in [-0.2, -0.15) is 10.2 Å². The van der Waals surface area contributed by atoms with Crippen LogP contribution in [0.2, 0.25) is 0 Å². The second-order valence-corrected chi connectivity index (χ2v) is 7.23. The molecule has 1 aromatic heterocycles. The highest BCUT2D eigenvalue weighted by Gasteiger charge is 2.27. The molecule has 0 aliphatic heterocycles. The first-order valence-corrected chi connectivity index (χ1v) is 10.1. The van der Waals surface area contributed by atoms with Gasteiger partial charge in [-0.1, -0.05) is 36.4 Å². The fraction of sp³-hybridized carbons (Fsp3) is 0.0417. The van der Waals surface area contributed by atoms with E-state index in [0.717, 1.165) is 6.07 Å². The zero-order chi connectivity index (χ0) is 24.1. The first kappa shape index (κ1) is 22.2. The molecule has 2 amide bonds. The zero-order valence-electron chi connectivity index (χ0n) is 17.6. The van der Waals surface area contributed by atoms with Crippen molar-refractivity contribution in [3.05, 3.63) is 100.0 Å². The summed E-state index contributed by atoms with van der Waals surface area (Å²) in [6.07, 6.45) is 1.18. The molecule has 0 bridgehead atoms. The average Bonchev–Trinajstić information content (AvgIpc) is 2.85. The number of aromatic nitrogens is 2. The van der Waals surface area contributed by atoms with Crippen molar-refractivity contribution in [1.29, 1.82) is 0 Å². The summed E-state index contributed by atoms with van der Waals surface area (Å²) in [5.41, 5.74) is 2.58. The topological polar surface area (TPSA) is 157 Å². The van der Waals surface area contributed by atoms with E-state index in [2.05, 4.69) is 26.0 Å². The van der Waals surface area contributed by atoms with Crippen LogP contribution in [0.15, 0.2) is 82.7 Å². The fourth-order valence-corrected chi connectivity index (χ4v) is 3.29. The van der Waals surface area contributed by atoms with Crippen molar-refractivity contribution < 1.29 is 19.8 Å². The number of amides is 2. The molecule has 5 N–H and O–H groups in total. The highest BCUT2D eigenvalue weighted by molar-refractivity contribution is 5.99. The van der Waals surface area contributed by atoms with Gasteiger partial charge in [0.2, 0.25) is 0 Å². The Bertz CT molecular complexity index is 1450. The number of phenolic OH excluding ortho intramolecular Hbond substituents is 2. The summed E-state index contributed by atoms with van der Waals surface area (Å²) in [6, 6.07) is 17.5. The Balaban J connectivity index is 1.67. The van der Waals surface area contributed by atoms with Gasteiger partial charge in [-0.3, -0.25) is 14.4 Å². The normalized spacial score (nSPS) is 11.9. The molecule has 0 saturated carbocycles. The molecular weight excluding hydrogens is 438 g/mol. The molecule has 0 aliphatic rings. The Hall–Kier alpha value is -4.99. The monoisotopic (exact) mass is 457 g/mol. The maximum absolute atomic E-state index is 13.1. The predicted octanol–water partition coefficient (Wildman–Crippen LogP) is 1.96. The van der Waals surface area contributed by atoms with Gasteiger partial charge in [0.05, 0.1) is 11.6 Å². The number of rotatable bonds is 6. The molecule has 0 radical (unpaired) electrons. The van der Waals surface area contributed by atoms with Gasteiger partial charge in [0.25, 0.3) is 17.4 Å². The van der Waals surface area contributed by atoms with Crippen molar-refractivity contribution in [3.63, 3.8) is 0 Å². The standard InChI is InChI=1S/C24H19N5O5/c30-16-11-10-15(19(31)12-16)13-25-28-24(34)21(26-22(32)14-6-2-1-3-7-14)20-17-8-4-5-9-18(17)23(33)29-27-20/h1-13,21,30-31H,(H,26,32)(H,28,34)(H,29,33). The number of nitrogens with one attached hydrogen (secondary N) is 3. The number of hydrogen-bond acceptors (Lipinski definition) is 7. The first-order valence-electron chi connectivity index (χ1n) is 10.1. The van der Waals surface area contributed by atoms with Crippen LogP contribution in [0.1, 0.15) is 27.7 Å². The van der Waals surface area contributed by atoms with Crippen LogP contribution in [0.3, 0.4) is 0 Å². The fourth-order valence-electron chi connectivity index (χ4n) is 3.29. The molecule has 1 unspecified atom stereocenters. The SMILES string of the molecule is O=C(NC(C(=O)NN=Cc1ccc(O)cc1O)c1n[nH]c(=O)c2ccccc12)c1ccccc1. The molecule has 0 aliphatic carbocycles. The number of hydrazone groups is 1. The number of carbonyl (C=O) groups excluding carboxylic acids is 2. The van der Waals surface area contributed by atoms with Gasteiger partial charge in [-0.25, -0.2) is 10.5 Å². The van der Waals surface area contributed by atoms with Crippen LogP contribution in [0, 0.1) is 0 Å². The number of aromatic amines is 1. The molecule has 1 atom stereocenters. The van der Waals surface area contributed by atoms with Crippen LogP contribution in [0.25, 0.3) is 10.8 Å². The molecule has 170 valence electrons. The summed E-state index contributed by atoms with van der Waals surface area (Å²) < 4.78 is 0. The van der Waals surface area contributed by atoms with Gasteiger partial charge in [0.1, 0.15) is 17.2 Å². The van der Waals surface area contributed by atoms with E-state index in [1.807, 2.05) is 0 Å². The van der Waals surface area contributed by atoms with Crippen LogP contribution in [-0.4, -0.2) is 38.4 Å². The lowest BCUT2D eigenvalue weighted by molar-refractivity contribution is -0.123. The van der Waals surface area contributed by atoms with Crippen LogP contribution in [0.4, 0.5) is 0 Å². The number of nitrogens with zero attached hydrogens (tertiary/aromatic N) is 2. The number of benzene rings is 3. The summed E-state index contributed by atoms with van der Waals surface area (Å²) in [4.78, 5) is 38.1. The lowest BCUT2D eigenvalue weighted by atomic mass is 10.0. The molecule has 10 nitrogen and oxygen atoms in total. The minimum atomic E-state index is -1.31. The van der Waals surface area contributed by atoms with Crippen molar-refractivity contribution in [1.82, 2.24) is 20.9 Å². The maximum Gasteiger partial charge on any atom is 0.272 e. The molecule has 10 heteroatoms. The maximum atomic E-state index is 13.1. The molecule has 34 heavy (non-hydrogen) atoms. The smallest absolute Gasteiger partial charge is 0.272 e. The second-order valence-electron chi connectivity index (χ2n) is 7.23. The lowest BCUT2D eigenvalue weighted by Crippen LogP contribution is -2.40. The van der Waals surface area contributed by atoms with Gasteiger partial charge in [-0.05, 0) is 30.3 Å². The van der Waals surface area contributed by atoms with E-state index in [1.54, 1.807) is 54.6 Å². The van der Waals surface area contributed by atoms with Crippen LogP contribution >= 0.6 is 0 Å². The molecule has 0 spiro atoms. The second kappa shape index (κ2) is 9.65. The van der Waals surface area contributed by atoms with E-state index >= 15 is 0 Å². The number of carbonyl (C=O) groups is 2. The number of fused-ring (bicyclic) bond motifs is 1. The molecule has 0 saturated heterocycles. The summed E-state index contributed by atoms with van der Waals surface area (Å²) in [6.45, 7) is 0. The molecule has 4 rings (SSSR count). The Morgan fingerprint density at radius 3 is 2.41 bits per heavy atom. The van der Waals surface area contributed by atoms with Crippen molar-refractivity contribution in [2.24, 2.45) is 5.10 Å². The van der Waals surface area contributed by atoms with E-state index in [9.17, 15) is 24.6 Å². The van der Waals surface area contributed by atoms with Crippen molar-refractivity contribution in [2.75, 3.05) is 0 Å². The summed E-state index contributed by atoms with van der Waals surface area (Å²) in [7, 11) is 0. The minimum absolute atomic E-state index is 0.125. The Morgan fingerprint density at radius 2 is 1.68 bits per heavy atom. The number of hydrogen-bond donors (Lipinski definition) is 5. The van der Waals surface area contributed by atoms with E-state index in [1.165, 1.54) is 18.3 Å². The van der Waals surface area contributed by atoms with Gasteiger partial charge in [0, 0.05) is 22.6 Å². The number of H-pyrrole nitrogens is 1. The van der Waals surface area contributed by atoms with E-state index in [4.69, 9.17) is 0 Å². The lowest BCUT2D eigenvalue weighted by Gasteiger charge is -2.18. The van der Waals surface area contributed by atoms with Gasteiger partial charge < -0.3 is 15.5 Å². The van der Waals surface area contributed by atoms with Crippen LogP contribution in [-0.2, 0) is 4.79 Å². The number of phenols is 2. The van der Waals surface area contributed by atoms with Gasteiger partial charge >= 0.3 is 0 Å². The minimum Gasteiger partial charge on any atom is -0.508 e. The highest BCUT2D eigenvalue weighted by Crippen LogP contribution is 2.22. The van der Waals surface area contributed by atoms with Crippen LogP contribution < -0.4 is 16.3 Å². The Morgan fingerprint density at radius 1 is 0.971 bits per heavy atom. The number of aromatic hydroxyl groups is 2. The average molecular weight is 457 g/mol. The summed E-state index contributed by atoms with van der Waals surface area (Å²) in [5, 5.41) is 32.8. The third-order valence-electron chi connectivity index (χ3n) is 4.96. The van der Waals surface area contributed by atoms with Gasteiger partial charge in [-0.15, -0.1) is 0 Å². The van der Waals surface area contributed by atoms with E-state index in [0.29, 0.717) is 16.3 Å². The van der Waals surface area contributed by atoms with Crippen LogP contribution in [0.5, 0.6) is 11.5 Å². The van der Waals surface area contributed by atoms with Crippen molar-refractivity contribution in [2.45, 2.75) is 6.04 Å². The molecule has 4 aromatic rings. The first-order chi connectivity index (χ1) is 16.4. The van der Waals surface area contributed by atoms with Crippen molar-refractivity contribution in [3.8, 4) is 11.5 Å². The van der Waals surface area contributed by atoms with Gasteiger partial charge in [0.15, 0.2) is 6.04 Å². The zero-order valence-corrected chi connectivity index (χ0v) is 17.6. The predicted molar refractivity (Wildman–Crippen MR) is 125 cm³/mol. The third kappa shape index (κ3) is 4.75. The van der Waals surface area contributed by atoms with E-state index < -0.39 is 23.4 Å². The molecular formula is C24H19N5O5. The molecule has 3 aromatic carbocycles.